The zero-order valence-electron chi connectivity index (χ0n) is 10.2. The van der Waals surface area contributed by atoms with E-state index in [1.807, 2.05) is 32.6 Å². The van der Waals surface area contributed by atoms with E-state index < -0.39 is 0 Å². The van der Waals surface area contributed by atoms with E-state index in [9.17, 15) is 0 Å². The molecule has 1 heterocycles. The van der Waals surface area contributed by atoms with Gasteiger partial charge in [0.05, 0.1) is 23.4 Å². The molecule has 0 bridgehead atoms. The molecule has 1 atom stereocenters. The van der Waals surface area contributed by atoms with Gasteiger partial charge in [-0.3, -0.25) is 0 Å². The molecule has 0 aliphatic carbocycles. The van der Waals surface area contributed by atoms with Gasteiger partial charge in [-0.2, -0.15) is 10.4 Å². The summed E-state index contributed by atoms with van der Waals surface area (Å²) in [6.45, 7) is 9.11. The second-order valence-electron chi connectivity index (χ2n) is 3.85. The van der Waals surface area contributed by atoms with Crippen LogP contribution in [0.1, 0.15) is 25.2 Å². The van der Waals surface area contributed by atoms with Crippen molar-refractivity contribution in [1.82, 2.24) is 15.2 Å². The molecule has 5 heteroatoms. The van der Waals surface area contributed by atoms with Crippen LogP contribution in [-0.2, 0) is 0 Å². The van der Waals surface area contributed by atoms with Gasteiger partial charge in [-0.1, -0.05) is 0 Å². The summed E-state index contributed by atoms with van der Waals surface area (Å²) < 4.78 is 0. The molecule has 0 fully saturated rings. The van der Waals surface area contributed by atoms with Crippen molar-refractivity contribution >= 4 is 5.95 Å². The van der Waals surface area contributed by atoms with Gasteiger partial charge in [-0.25, -0.2) is 4.98 Å². The summed E-state index contributed by atoms with van der Waals surface area (Å²) in [5, 5.41) is 16.9. The molecule has 0 spiro atoms. The van der Waals surface area contributed by atoms with Crippen LogP contribution < -0.4 is 4.90 Å². The molecule has 0 saturated carbocycles. The van der Waals surface area contributed by atoms with Gasteiger partial charge in [-0.15, -0.1) is 5.10 Å². The molecule has 0 amide bonds. The van der Waals surface area contributed by atoms with Crippen molar-refractivity contribution in [1.29, 1.82) is 5.26 Å². The minimum atomic E-state index is -0.0369. The van der Waals surface area contributed by atoms with Gasteiger partial charge in [-0.05, 0) is 27.7 Å². The smallest absolute Gasteiger partial charge is 0.245 e. The summed E-state index contributed by atoms with van der Waals surface area (Å²) in [5.41, 5.74) is 1.72. The Morgan fingerprint density at radius 2 is 2.00 bits per heavy atom. The van der Waals surface area contributed by atoms with E-state index in [1.165, 1.54) is 0 Å². The van der Waals surface area contributed by atoms with Gasteiger partial charge in [0.25, 0.3) is 0 Å². The number of rotatable bonds is 4. The summed E-state index contributed by atoms with van der Waals surface area (Å²) in [7, 11) is 0. The predicted octanol–water partition coefficient (Wildman–Crippen LogP) is 1.47. The van der Waals surface area contributed by atoms with Crippen LogP contribution in [0.5, 0.6) is 0 Å². The van der Waals surface area contributed by atoms with Crippen molar-refractivity contribution in [2.24, 2.45) is 5.92 Å². The average Bonchev–Trinajstić information content (AvgIpc) is 2.29. The Morgan fingerprint density at radius 1 is 1.31 bits per heavy atom. The lowest BCUT2D eigenvalue weighted by atomic mass is 10.2. The molecular weight excluding hydrogens is 202 g/mol. The molecule has 1 aromatic rings. The first kappa shape index (κ1) is 12.4. The fraction of sp³-hybridized carbons (Fsp3) is 0.636. The van der Waals surface area contributed by atoms with Crippen LogP contribution in [-0.4, -0.2) is 28.3 Å². The highest BCUT2D eigenvalue weighted by Crippen LogP contribution is 2.10. The topological polar surface area (TPSA) is 65.7 Å². The second-order valence-corrected chi connectivity index (χ2v) is 3.85. The van der Waals surface area contributed by atoms with Crippen molar-refractivity contribution in [3.05, 3.63) is 11.4 Å². The number of hydrogen-bond donors (Lipinski definition) is 0. The third kappa shape index (κ3) is 2.89. The first-order valence-corrected chi connectivity index (χ1v) is 5.41. The van der Waals surface area contributed by atoms with E-state index in [0.29, 0.717) is 12.5 Å². The molecular formula is C11H17N5. The van der Waals surface area contributed by atoms with Crippen LogP contribution >= 0.6 is 0 Å². The van der Waals surface area contributed by atoms with E-state index >= 15 is 0 Å². The van der Waals surface area contributed by atoms with Gasteiger partial charge >= 0.3 is 0 Å². The van der Waals surface area contributed by atoms with Crippen LogP contribution in [0, 0.1) is 31.1 Å². The molecule has 1 rings (SSSR count). The summed E-state index contributed by atoms with van der Waals surface area (Å²) in [6.07, 6.45) is 0. The quantitative estimate of drug-likeness (QED) is 0.767. The van der Waals surface area contributed by atoms with Crippen molar-refractivity contribution in [3.8, 4) is 6.07 Å². The van der Waals surface area contributed by atoms with Crippen molar-refractivity contribution < 1.29 is 0 Å². The van der Waals surface area contributed by atoms with Gasteiger partial charge in [0.15, 0.2) is 0 Å². The first-order valence-electron chi connectivity index (χ1n) is 5.41. The van der Waals surface area contributed by atoms with Crippen LogP contribution in [0.25, 0.3) is 0 Å². The van der Waals surface area contributed by atoms with Gasteiger partial charge in [0.2, 0.25) is 5.95 Å². The number of aromatic nitrogens is 3. The molecule has 86 valence electrons. The van der Waals surface area contributed by atoms with Gasteiger partial charge in [0, 0.05) is 13.1 Å². The number of anilines is 1. The lowest BCUT2D eigenvalue weighted by Gasteiger charge is -2.21. The Bertz CT molecular complexity index is 396. The lowest BCUT2D eigenvalue weighted by Crippen LogP contribution is -2.30. The highest BCUT2D eigenvalue weighted by atomic mass is 15.3. The summed E-state index contributed by atoms with van der Waals surface area (Å²) in [5.74, 6) is 0.567. The Morgan fingerprint density at radius 3 is 2.50 bits per heavy atom. The van der Waals surface area contributed by atoms with E-state index in [1.54, 1.807) is 0 Å². The summed E-state index contributed by atoms with van der Waals surface area (Å²) >= 11 is 0. The summed E-state index contributed by atoms with van der Waals surface area (Å²) in [4.78, 5) is 6.34. The van der Waals surface area contributed by atoms with Crippen LogP contribution in [0.3, 0.4) is 0 Å². The van der Waals surface area contributed by atoms with Crippen LogP contribution in [0.15, 0.2) is 0 Å². The predicted molar refractivity (Wildman–Crippen MR) is 62.0 cm³/mol. The van der Waals surface area contributed by atoms with Crippen LogP contribution in [0.4, 0.5) is 5.95 Å². The molecule has 1 aromatic heterocycles. The highest BCUT2D eigenvalue weighted by molar-refractivity contribution is 5.29. The van der Waals surface area contributed by atoms with Crippen molar-refractivity contribution in [2.75, 3.05) is 18.0 Å². The molecule has 0 saturated heterocycles. The fourth-order valence-corrected chi connectivity index (χ4v) is 1.30. The molecule has 0 aromatic carbocycles. The highest BCUT2D eigenvalue weighted by Gasteiger charge is 2.12. The molecule has 0 N–H and O–H groups in total. The third-order valence-corrected chi connectivity index (χ3v) is 2.46. The normalized spacial score (nSPS) is 11.9. The molecule has 5 nitrogen and oxygen atoms in total. The molecule has 0 aliphatic heterocycles. The fourth-order valence-electron chi connectivity index (χ4n) is 1.30. The Balaban J connectivity index is 2.87. The van der Waals surface area contributed by atoms with Crippen LogP contribution in [0.2, 0.25) is 0 Å². The SMILES string of the molecule is CCN(CC(C)C#N)c1nnc(C)c(C)n1. The zero-order valence-corrected chi connectivity index (χ0v) is 10.2. The molecule has 16 heavy (non-hydrogen) atoms. The summed E-state index contributed by atoms with van der Waals surface area (Å²) in [6, 6.07) is 2.21. The van der Waals surface area contributed by atoms with E-state index in [-0.39, 0.29) is 5.92 Å². The maximum absolute atomic E-state index is 8.79. The first-order chi connectivity index (χ1) is 7.58. The van der Waals surface area contributed by atoms with Gasteiger partial charge in [0.1, 0.15) is 0 Å². The number of nitriles is 1. The van der Waals surface area contributed by atoms with E-state index in [4.69, 9.17) is 5.26 Å². The number of hydrogen-bond acceptors (Lipinski definition) is 5. The van der Waals surface area contributed by atoms with E-state index in [2.05, 4.69) is 21.3 Å². The molecule has 1 unspecified atom stereocenters. The minimum absolute atomic E-state index is 0.0369. The van der Waals surface area contributed by atoms with E-state index in [0.717, 1.165) is 17.9 Å². The monoisotopic (exact) mass is 219 g/mol. The lowest BCUT2D eigenvalue weighted by molar-refractivity contribution is 0.661. The maximum atomic E-state index is 8.79. The second kappa shape index (κ2) is 5.40. The van der Waals surface area contributed by atoms with Crippen molar-refractivity contribution in [3.63, 3.8) is 0 Å². The number of nitrogens with zero attached hydrogens (tertiary/aromatic N) is 5. The average molecular weight is 219 g/mol. The largest absolute Gasteiger partial charge is 0.338 e. The standard InChI is InChI=1S/C11H17N5/c1-5-16(7-8(2)6-12)11-13-9(3)10(4)14-15-11/h8H,5,7H2,1-4H3. The Hall–Kier alpha value is -1.70. The third-order valence-electron chi connectivity index (χ3n) is 2.46. The molecule has 0 radical (unpaired) electrons. The van der Waals surface area contributed by atoms with Gasteiger partial charge < -0.3 is 4.90 Å². The zero-order chi connectivity index (χ0) is 12.1. The Labute approximate surface area is 96.1 Å². The molecule has 0 aliphatic rings. The van der Waals surface area contributed by atoms with Crippen molar-refractivity contribution in [2.45, 2.75) is 27.7 Å². The maximum Gasteiger partial charge on any atom is 0.245 e. The minimum Gasteiger partial charge on any atom is -0.338 e. The number of aryl methyl sites for hydroxylation is 2. The Kier molecular flexibility index (Phi) is 4.18.